The molecule has 4 atom stereocenters. The van der Waals surface area contributed by atoms with Crippen LogP contribution in [-0.2, 0) is 25.6 Å². The first-order valence-corrected chi connectivity index (χ1v) is 13.6. The molecule has 2 fully saturated rings. The van der Waals surface area contributed by atoms with Gasteiger partial charge in [0.1, 0.15) is 24.8 Å². The predicted octanol–water partition coefficient (Wildman–Crippen LogP) is 2.99. The molecule has 1 aromatic carbocycles. The van der Waals surface area contributed by atoms with Crippen LogP contribution in [0.2, 0.25) is 0 Å². The Bertz CT molecular complexity index is 1260. The van der Waals surface area contributed by atoms with Gasteiger partial charge in [-0.3, -0.25) is 14.2 Å². The van der Waals surface area contributed by atoms with Gasteiger partial charge in [0.15, 0.2) is 5.88 Å². The summed E-state index contributed by atoms with van der Waals surface area (Å²) in [6.07, 6.45) is 5.40. The highest BCUT2D eigenvalue weighted by Crippen LogP contribution is 2.33. The van der Waals surface area contributed by atoms with Crippen LogP contribution in [-0.4, -0.2) is 65.9 Å². The minimum absolute atomic E-state index is 0.116. The monoisotopic (exact) mass is 525 g/mol. The molecule has 0 radical (unpaired) electrons. The maximum Gasteiger partial charge on any atom is 0.407 e. The van der Waals surface area contributed by atoms with Crippen molar-refractivity contribution < 1.29 is 28.6 Å². The summed E-state index contributed by atoms with van der Waals surface area (Å²) in [5.74, 6) is -0.262. The first-order chi connectivity index (χ1) is 18.4. The summed E-state index contributed by atoms with van der Waals surface area (Å²) in [5, 5.41) is 3.96. The Kier molecular flexibility index (Phi) is 7.85. The fourth-order valence-corrected chi connectivity index (χ4v) is 6.04. The highest BCUT2D eigenvalue weighted by atomic mass is 16.6. The van der Waals surface area contributed by atoms with Crippen molar-refractivity contribution >= 4 is 28.7 Å². The molecule has 1 N–H and O–H groups in total. The van der Waals surface area contributed by atoms with Gasteiger partial charge in [0, 0.05) is 24.4 Å². The van der Waals surface area contributed by atoms with E-state index >= 15 is 0 Å². The number of methoxy groups -OCH3 is 1. The summed E-state index contributed by atoms with van der Waals surface area (Å²) in [4.78, 5) is 52.9. The van der Waals surface area contributed by atoms with E-state index in [4.69, 9.17) is 14.2 Å². The molecular weight excluding hydrogens is 490 g/mol. The first-order valence-electron chi connectivity index (χ1n) is 13.6. The molecule has 3 heterocycles. The van der Waals surface area contributed by atoms with E-state index in [9.17, 15) is 19.2 Å². The number of alkyl carbamates (subject to hydrolysis) is 1. The van der Waals surface area contributed by atoms with Crippen LogP contribution in [0.15, 0.2) is 35.1 Å². The summed E-state index contributed by atoms with van der Waals surface area (Å²) in [5.41, 5.74) is -0.116. The number of ether oxygens (including phenoxy) is 3. The number of rotatable bonds is 1. The molecule has 10 heteroatoms. The molecule has 38 heavy (non-hydrogen) atoms. The van der Waals surface area contributed by atoms with Crippen LogP contribution >= 0.6 is 0 Å². The second kappa shape index (κ2) is 11.4. The molecule has 2 amide bonds. The summed E-state index contributed by atoms with van der Waals surface area (Å²) in [6, 6.07) is 8.41. The molecule has 1 saturated carbocycles. The third-order valence-corrected chi connectivity index (χ3v) is 8.01. The number of amides is 2. The largest absolute Gasteiger partial charge is 0.473 e. The number of carbonyl (C=O) groups is 3. The lowest BCUT2D eigenvalue weighted by atomic mass is 9.98. The Labute approximate surface area is 221 Å². The van der Waals surface area contributed by atoms with E-state index in [0.717, 1.165) is 50.3 Å². The Hall–Kier alpha value is -3.56. The average molecular weight is 526 g/mol. The molecule has 1 aromatic heterocycles. The van der Waals surface area contributed by atoms with Gasteiger partial charge in [-0.1, -0.05) is 31.0 Å². The highest BCUT2D eigenvalue weighted by molar-refractivity contribution is 5.88. The minimum Gasteiger partial charge on any atom is -0.473 e. The topological polar surface area (TPSA) is 116 Å². The maximum atomic E-state index is 13.4. The van der Waals surface area contributed by atoms with E-state index in [0.29, 0.717) is 23.7 Å². The molecule has 0 unspecified atom stereocenters. The number of fused-ring (bicyclic) bond motifs is 5. The van der Waals surface area contributed by atoms with Crippen LogP contribution in [0.5, 0.6) is 5.88 Å². The second-order valence-electron chi connectivity index (χ2n) is 10.4. The number of carbonyl (C=O) groups excluding carboxylic acids is 3. The zero-order valence-corrected chi connectivity index (χ0v) is 21.7. The van der Waals surface area contributed by atoms with Crippen LogP contribution in [0.1, 0.15) is 51.4 Å². The lowest BCUT2D eigenvalue weighted by molar-refractivity contribution is -0.150. The standard InChI is InChI=1S/C28H35N3O7/c1-36-27(34)22-15-20-17-31(22)24(32)16-29-28(35)38-23-12-7-10-18(23)8-3-2-6-13-30-25(37-20)14-19-9-4-5-11-21(19)26(30)33/h4-5,9,11,14,18,20,22-23H,2-3,6-8,10,12-13,15-17H2,1H3,(H,29,35)/t18-,20-,22+,23-/m1/s1. The Morgan fingerprint density at radius 1 is 1.03 bits per heavy atom. The fourth-order valence-electron chi connectivity index (χ4n) is 6.04. The number of aromatic nitrogens is 1. The molecule has 1 saturated heterocycles. The second-order valence-corrected chi connectivity index (χ2v) is 10.4. The van der Waals surface area contributed by atoms with Crippen molar-refractivity contribution in [2.45, 2.75) is 76.2 Å². The molecule has 1 aliphatic carbocycles. The van der Waals surface area contributed by atoms with Crippen molar-refractivity contribution in [3.63, 3.8) is 0 Å². The molecule has 3 aliphatic rings. The maximum absolute atomic E-state index is 13.4. The van der Waals surface area contributed by atoms with E-state index in [-0.39, 0.29) is 31.2 Å². The Balaban J connectivity index is 1.45. The van der Waals surface area contributed by atoms with Crippen LogP contribution in [0.25, 0.3) is 10.8 Å². The zero-order chi connectivity index (χ0) is 26.6. The quantitative estimate of drug-likeness (QED) is 0.569. The number of hydrogen-bond acceptors (Lipinski definition) is 7. The summed E-state index contributed by atoms with van der Waals surface area (Å²) in [7, 11) is 1.27. The number of nitrogens with zero attached hydrogens (tertiary/aromatic N) is 2. The number of hydrogen-bond donors (Lipinski definition) is 1. The number of pyridine rings is 1. The summed E-state index contributed by atoms with van der Waals surface area (Å²) < 4.78 is 18.6. The van der Waals surface area contributed by atoms with Crippen LogP contribution in [0.4, 0.5) is 4.79 Å². The lowest BCUT2D eigenvalue weighted by Crippen LogP contribution is -2.46. The molecule has 2 bridgehead atoms. The summed E-state index contributed by atoms with van der Waals surface area (Å²) >= 11 is 0. The first kappa shape index (κ1) is 26.1. The van der Waals surface area contributed by atoms with E-state index in [1.165, 1.54) is 12.0 Å². The average Bonchev–Trinajstić information content (AvgIpc) is 3.54. The van der Waals surface area contributed by atoms with E-state index in [2.05, 4.69) is 5.32 Å². The lowest BCUT2D eigenvalue weighted by Gasteiger charge is -2.24. The number of benzene rings is 1. The van der Waals surface area contributed by atoms with Crippen molar-refractivity contribution in [2.24, 2.45) is 5.92 Å². The third-order valence-electron chi connectivity index (χ3n) is 8.01. The van der Waals surface area contributed by atoms with Crippen molar-refractivity contribution in [1.82, 2.24) is 14.8 Å². The summed E-state index contributed by atoms with van der Waals surface area (Å²) in [6.45, 7) is 0.333. The van der Waals surface area contributed by atoms with E-state index in [1.54, 1.807) is 4.57 Å². The van der Waals surface area contributed by atoms with Gasteiger partial charge in [0.05, 0.1) is 13.7 Å². The SMILES string of the molecule is COC(=O)[C@@H]1C[C@@H]2CN1C(=O)CNC(=O)O[C@@H]1CCC[C@H]1CCCCCn1c(cc3ccccc3c1=O)O2. The predicted molar refractivity (Wildman–Crippen MR) is 139 cm³/mol. The molecule has 2 aliphatic heterocycles. The van der Waals surface area contributed by atoms with Crippen molar-refractivity contribution in [1.29, 1.82) is 0 Å². The van der Waals surface area contributed by atoms with Gasteiger partial charge in [-0.2, -0.15) is 0 Å². The molecule has 10 nitrogen and oxygen atoms in total. The fraction of sp³-hybridized carbons (Fsp3) is 0.571. The highest BCUT2D eigenvalue weighted by Gasteiger charge is 2.42. The van der Waals surface area contributed by atoms with E-state index in [1.807, 2.05) is 30.3 Å². The number of esters is 1. The zero-order valence-electron chi connectivity index (χ0n) is 21.7. The Morgan fingerprint density at radius 2 is 1.84 bits per heavy atom. The van der Waals surface area contributed by atoms with Crippen LogP contribution in [0.3, 0.4) is 0 Å². The molecule has 2 aromatic rings. The molecular formula is C28H35N3O7. The third kappa shape index (κ3) is 5.49. The van der Waals surface area contributed by atoms with Gasteiger partial charge in [0.25, 0.3) is 5.56 Å². The minimum atomic E-state index is -0.850. The van der Waals surface area contributed by atoms with E-state index < -0.39 is 30.1 Å². The Morgan fingerprint density at radius 3 is 2.68 bits per heavy atom. The van der Waals surface area contributed by atoms with Crippen LogP contribution < -0.4 is 15.6 Å². The van der Waals surface area contributed by atoms with Gasteiger partial charge < -0.3 is 24.4 Å². The van der Waals surface area contributed by atoms with Crippen molar-refractivity contribution in [2.75, 3.05) is 20.2 Å². The van der Waals surface area contributed by atoms with Gasteiger partial charge in [-0.05, 0) is 49.5 Å². The van der Waals surface area contributed by atoms with Gasteiger partial charge >= 0.3 is 12.1 Å². The van der Waals surface area contributed by atoms with Gasteiger partial charge in [-0.15, -0.1) is 0 Å². The number of nitrogens with one attached hydrogen (secondary N) is 1. The van der Waals surface area contributed by atoms with Crippen molar-refractivity contribution in [3.05, 3.63) is 40.7 Å². The molecule has 0 spiro atoms. The normalized spacial score (nSPS) is 26.8. The van der Waals surface area contributed by atoms with Gasteiger partial charge in [-0.25, -0.2) is 9.59 Å². The van der Waals surface area contributed by atoms with Gasteiger partial charge in [0.2, 0.25) is 5.91 Å². The van der Waals surface area contributed by atoms with Crippen LogP contribution in [0, 0.1) is 5.92 Å². The smallest absolute Gasteiger partial charge is 0.407 e. The molecule has 5 rings (SSSR count). The van der Waals surface area contributed by atoms with Crippen molar-refractivity contribution in [3.8, 4) is 5.88 Å². The molecule has 204 valence electrons.